The van der Waals surface area contributed by atoms with Gasteiger partial charge < -0.3 is 10.6 Å². The highest BCUT2D eigenvalue weighted by atomic mass is 32.2. The number of anilines is 4. The highest BCUT2D eigenvalue weighted by molar-refractivity contribution is 7.92. The Morgan fingerprint density at radius 2 is 1.89 bits per heavy atom. The lowest BCUT2D eigenvalue weighted by atomic mass is 10.3. The van der Waals surface area contributed by atoms with Gasteiger partial charge in [0.15, 0.2) is 15.7 Å². The number of nitrogens with zero attached hydrogens (tertiary/aromatic N) is 3. The van der Waals surface area contributed by atoms with Gasteiger partial charge in [-0.1, -0.05) is 6.07 Å². The summed E-state index contributed by atoms with van der Waals surface area (Å²) in [5.74, 6) is 1.62. The van der Waals surface area contributed by atoms with Crippen molar-refractivity contribution >= 4 is 33.1 Å². The van der Waals surface area contributed by atoms with Gasteiger partial charge in [0.05, 0.1) is 10.1 Å². The molecule has 0 unspecified atom stereocenters. The van der Waals surface area contributed by atoms with Gasteiger partial charge in [-0.3, -0.25) is 5.10 Å². The molecular formula is C18H22N6O2S. The topological polar surface area (TPSA) is 113 Å². The third kappa shape index (κ3) is 4.08. The first-order valence-corrected chi connectivity index (χ1v) is 10.0. The van der Waals surface area contributed by atoms with Crippen molar-refractivity contribution in [3.8, 4) is 0 Å². The zero-order chi connectivity index (χ0) is 19.6. The number of aromatic amines is 1. The number of aromatic nitrogens is 4. The van der Waals surface area contributed by atoms with E-state index in [9.17, 15) is 8.42 Å². The summed E-state index contributed by atoms with van der Waals surface area (Å²) in [4.78, 5) is 8.86. The average molecular weight is 386 g/mol. The Kier molecular flexibility index (Phi) is 5.13. The highest BCUT2D eigenvalue weighted by Gasteiger charge is 2.19. The molecule has 27 heavy (non-hydrogen) atoms. The smallest absolute Gasteiger partial charge is 0.229 e. The van der Waals surface area contributed by atoms with Gasteiger partial charge in [0, 0.05) is 23.1 Å². The molecule has 3 N–H and O–H groups in total. The van der Waals surface area contributed by atoms with E-state index in [4.69, 9.17) is 0 Å². The molecule has 1 aromatic carbocycles. The third-order valence-corrected chi connectivity index (χ3v) is 6.35. The minimum absolute atomic E-state index is 0.263. The van der Waals surface area contributed by atoms with Crippen molar-refractivity contribution in [1.82, 2.24) is 20.2 Å². The maximum absolute atomic E-state index is 12.3. The molecule has 0 aliphatic heterocycles. The molecule has 0 spiro atoms. The van der Waals surface area contributed by atoms with Gasteiger partial charge in [-0.15, -0.1) is 0 Å². The second kappa shape index (κ2) is 7.36. The number of sulfone groups is 1. The van der Waals surface area contributed by atoms with Crippen LogP contribution in [-0.2, 0) is 9.84 Å². The van der Waals surface area contributed by atoms with Crippen LogP contribution in [0, 0.1) is 13.8 Å². The van der Waals surface area contributed by atoms with Crippen LogP contribution in [0.2, 0.25) is 0 Å². The predicted octanol–water partition coefficient (Wildman–Crippen LogP) is 3.49. The number of hydrogen-bond acceptors (Lipinski definition) is 7. The number of H-pyrrole nitrogens is 1. The first-order valence-electron chi connectivity index (χ1n) is 8.50. The molecule has 0 amide bonds. The number of rotatable bonds is 6. The number of nitrogens with one attached hydrogen (secondary N) is 3. The minimum atomic E-state index is -3.35. The second-order valence-corrected chi connectivity index (χ2v) is 8.96. The van der Waals surface area contributed by atoms with Gasteiger partial charge in [0.1, 0.15) is 5.82 Å². The molecular weight excluding hydrogens is 364 g/mol. The Hall–Kier alpha value is -2.94. The molecule has 3 rings (SSSR count). The van der Waals surface area contributed by atoms with Crippen molar-refractivity contribution in [1.29, 1.82) is 0 Å². The summed E-state index contributed by atoms with van der Waals surface area (Å²) in [6, 6.07) is 8.36. The monoisotopic (exact) mass is 386 g/mol. The summed E-state index contributed by atoms with van der Waals surface area (Å²) in [5.41, 5.74) is 2.59. The highest BCUT2D eigenvalue weighted by Crippen LogP contribution is 2.23. The third-order valence-electron chi connectivity index (χ3n) is 4.19. The van der Waals surface area contributed by atoms with E-state index in [0.29, 0.717) is 23.3 Å². The van der Waals surface area contributed by atoms with E-state index in [2.05, 4.69) is 30.8 Å². The zero-order valence-electron chi connectivity index (χ0n) is 15.6. The number of benzene rings is 1. The first kappa shape index (κ1) is 18.8. The Bertz CT molecular complexity index is 1060. The second-order valence-electron chi connectivity index (χ2n) is 6.46. The van der Waals surface area contributed by atoms with E-state index in [1.54, 1.807) is 50.4 Å². The lowest BCUT2D eigenvalue weighted by molar-refractivity contribution is 0.587. The molecule has 2 aromatic heterocycles. The van der Waals surface area contributed by atoms with Crippen molar-refractivity contribution in [2.24, 2.45) is 0 Å². The van der Waals surface area contributed by atoms with Crippen LogP contribution in [0.25, 0.3) is 0 Å². The van der Waals surface area contributed by atoms with Crippen LogP contribution in [0.15, 0.2) is 41.4 Å². The molecule has 0 fully saturated rings. The summed E-state index contributed by atoms with van der Waals surface area (Å²) in [6.07, 6.45) is 1.61. The van der Waals surface area contributed by atoms with Crippen LogP contribution in [0.4, 0.5) is 23.3 Å². The van der Waals surface area contributed by atoms with Crippen LogP contribution in [-0.4, -0.2) is 33.8 Å². The standard InChI is InChI=1S/C18H22N6O2S/c1-11(2)27(25,26)15-7-5-6-14(10-15)20-18-19-9-8-16(22-18)21-17-12(3)13(4)23-24-17/h5-11H,1-4H3,(H3,19,20,21,22,23,24). The summed E-state index contributed by atoms with van der Waals surface area (Å²) in [7, 11) is -3.35. The molecule has 0 bridgehead atoms. The fraction of sp³-hybridized carbons (Fsp3) is 0.278. The fourth-order valence-corrected chi connectivity index (χ4v) is 3.47. The molecule has 8 nitrogen and oxygen atoms in total. The maximum atomic E-state index is 12.3. The van der Waals surface area contributed by atoms with Gasteiger partial charge in [0.2, 0.25) is 5.95 Å². The van der Waals surface area contributed by atoms with Crippen LogP contribution >= 0.6 is 0 Å². The Morgan fingerprint density at radius 3 is 2.56 bits per heavy atom. The SMILES string of the molecule is Cc1[nH]nc(Nc2ccnc(Nc3cccc(S(=O)(=O)C(C)C)c3)n2)c1C. The summed E-state index contributed by atoms with van der Waals surface area (Å²) < 4.78 is 24.7. The van der Waals surface area contributed by atoms with E-state index in [-0.39, 0.29) is 4.90 Å². The van der Waals surface area contributed by atoms with E-state index in [1.165, 1.54) is 0 Å². The van der Waals surface area contributed by atoms with Crippen LogP contribution in [0.1, 0.15) is 25.1 Å². The molecule has 2 heterocycles. The summed E-state index contributed by atoms with van der Waals surface area (Å²) in [5, 5.41) is 12.8. The van der Waals surface area contributed by atoms with Crippen molar-refractivity contribution in [3.05, 3.63) is 47.8 Å². The molecule has 3 aromatic rings. The van der Waals surface area contributed by atoms with Crippen LogP contribution < -0.4 is 10.6 Å². The molecule has 9 heteroatoms. The Balaban J connectivity index is 1.82. The largest absolute Gasteiger partial charge is 0.324 e. The number of aryl methyl sites for hydroxylation is 1. The van der Waals surface area contributed by atoms with Crippen molar-refractivity contribution in [2.75, 3.05) is 10.6 Å². The molecule has 142 valence electrons. The predicted molar refractivity (Wildman–Crippen MR) is 105 cm³/mol. The summed E-state index contributed by atoms with van der Waals surface area (Å²) >= 11 is 0. The van der Waals surface area contributed by atoms with Gasteiger partial charge in [-0.25, -0.2) is 13.4 Å². The quantitative estimate of drug-likeness (QED) is 0.594. The van der Waals surface area contributed by atoms with Crippen molar-refractivity contribution in [2.45, 2.75) is 37.8 Å². The van der Waals surface area contributed by atoms with Gasteiger partial charge in [-0.05, 0) is 52.0 Å². The molecule has 0 saturated carbocycles. The zero-order valence-corrected chi connectivity index (χ0v) is 16.4. The van der Waals surface area contributed by atoms with Crippen LogP contribution in [0.5, 0.6) is 0 Å². The molecule has 0 aliphatic carbocycles. The normalized spacial score (nSPS) is 11.6. The lowest BCUT2D eigenvalue weighted by Crippen LogP contribution is -2.14. The molecule has 0 aliphatic rings. The van der Waals surface area contributed by atoms with Gasteiger partial charge in [-0.2, -0.15) is 10.1 Å². The van der Waals surface area contributed by atoms with Gasteiger partial charge in [0.25, 0.3) is 0 Å². The van der Waals surface area contributed by atoms with E-state index in [1.807, 2.05) is 13.8 Å². The maximum Gasteiger partial charge on any atom is 0.229 e. The molecule has 0 saturated heterocycles. The average Bonchev–Trinajstić information content (AvgIpc) is 2.94. The first-order chi connectivity index (χ1) is 12.8. The fourth-order valence-electron chi connectivity index (χ4n) is 2.37. The van der Waals surface area contributed by atoms with E-state index >= 15 is 0 Å². The number of hydrogen-bond donors (Lipinski definition) is 3. The van der Waals surface area contributed by atoms with Crippen molar-refractivity contribution in [3.63, 3.8) is 0 Å². The molecule has 0 atom stereocenters. The van der Waals surface area contributed by atoms with E-state index < -0.39 is 15.1 Å². The van der Waals surface area contributed by atoms with E-state index in [0.717, 1.165) is 11.3 Å². The van der Waals surface area contributed by atoms with Crippen LogP contribution in [0.3, 0.4) is 0 Å². The lowest BCUT2D eigenvalue weighted by Gasteiger charge is -2.11. The Morgan fingerprint density at radius 1 is 1.11 bits per heavy atom. The van der Waals surface area contributed by atoms with Crippen molar-refractivity contribution < 1.29 is 8.42 Å². The minimum Gasteiger partial charge on any atom is -0.324 e. The summed E-state index contributed by atoms with van der Waals surface area (Å²) in [6.45, 7) is 7.22. The molecule has 0 radical (unpaired) electrons. The van der Waals surface area contributed by atoms with Gasteiger partial charge >= 0.3 is 0 Å². The Labute approximate surface area is 158 Å².